The van der Waals surface area contributed by atoms with E-state index in [9.17, 15) is 4.39 Å². The molecular weight excluding hydrogens is 305 g/mol. The SMILES string of the molecule is CCc1ccc(C2=CC(c3cccc(F)c3)n3nnnc3N2)cc1. The molecule has 120 valence electrons. The van der Waals surface area contributed by atoms with Crippen molar-refractivity contribution in [1.82, 2.24) is 20.2 Å². The quantitative estimate of drug-likeness (QED) is 0.803. The smallest absolute Gasteiger partial charge is 0.248 e. The third-order valence-corrected chi connectivity index (χ3v) is 4.19. The lowest BCUT2D eigenvalue weighted by Gasteiger charge is -2.23. The van der Waals surface area contributed by atoms with Gasteiger partial charge in [0.1, 0.15) is 11.9 Å². The van der Waals surface area contributed by atoms with E-state index in [0.29, 0.717) is 5.95 Å². The molecule has 3 aromatic rings. The van der Waals surface area contributed by atoms with Crippen LogP contribution in [0.4, 0.5) is 10.3 Å². The van der Waals surface area contributed by atoms with Gasteiger partial charge < -0.3 is 5.32 Å². The first-order valence-corrected chi connectivity index (χ1v) is 7.86. The molecule has 6 heteroatoms. The second kappa shape index (κ2) is 5.88. The minimum Gasteiger partial charge on any atom is -0.323 e. The monoisotopic (exact) mass is 321 g/mol. The van der Waals surface area contributed by atoms with E-state index in [2.05, 4.69) is 52.0 Å². The van der Waals surface area contributed by atoms with E-state index in [1.165, 1.54) is 17.7 Å². The third-order valence-electron chi connectivity index (χ3n) is 4.19. The lowest BCUT2D eigenvalue weighted by atomic mass is 10.0. The molecule has 0 radical (unpaired) electrons. The van der Waals surface area contributed by atoms with Gasteiger partial charge in [0.25, 0.3) is 0 Å². The van der Waals surface area contributed by atoms with Gasteiger partial charge in [0, 0.05) is 5.70 Å². The molecule has 1 aliphatic heterocycles. The number of anilines is 1. The van der Waals surface area contributed by atoms with Gasteiger partial charge in [-0.05, 0) is 51.7 Å². The maximum absolute atomic E-state index is 13.6. The van der Waals surface area contributed by atoms with Crippen LogP contribution >= 0.6 is 0 Å². The fourth-order valence-electron chi connectivity index (χ4n) is 2.87. The molecule has 0 aliphatic carbocycles. The van der Waals surface area contributed by atoms with Gasteiger partial charge >= 0.3 is 0 Å². The number of aryl methyl sites for hydroxylation is 1. The lowest BCUT2D eigenvalue weighted by Crippen LogP contribution is -2.20. The molecular formula is C18H16FN5. The Morgan fingerprint density at radius 3 is 2.75 bits per heavy atom. The molecule has 0 bridgehead atoms. The Hall–Kier alpha value is -3.02. The van der Waals surface area contributed by atoms with E-state index in [-0.39, 0.29) is 11.9 Å². The Labute approximate surface area is 138 Å². The highest BCUT2D eigenvalue weighted by Gasteiger charge is 2.24. The van der Waals surface area contributed by atoms with Gasteiger partial charge in [0.05, 0.1) is 0 Å². The number of benzene rings is 2. The fraction of sp³-hybridized carbons (Fsp3) is 0.167. The van der Waals surface area contributed by atoms with Gasteiger partial charge in [-0.3, -0.25) is 0 Å². The number of fused-ring (bicyclic) bond motifs is 1. The Bertz CT molecular complexity index is 898. The van der Waals surface area contributed by atoms with Crippen LogP contribution in [0.1, 0.15) is 29.7 Å². The van der Waals surface area contributed by atoms with Crippen LogP contribution in [0.15, 0.2) is 54.6 Å². The molecule has 0 amide bonds. The van der Waals surface area contributed by atoms with E-state index in [1.54, 1.807) is 10.7 Å². The van der Waals surface area contributed by atoms with Gasteiger partial charge in [0.2, 0.25) is 5.95 Å². The van der Waals surface area contributed by atoms with Crippen LogP contribution in [-0.4, -0.2) is 20.2 Å². The van der Waals surface area contributed by atoms with Crippen LogP contribution in [0.5, 0.6) is 0 Å². The Kier molecular flexibility index (Phi) is 3.57. The molecule has 4 rings (SSSR count). The predicted octanol–water partition coefficient (Wildman–Crippen LogP) is 3.43. The number of hydrogen-bond donors (Lipinski definition) is 1. The van der Waals surface area contributed by atoms with Crippen LogP contribution in [0, 0.1) is 5.82 Å². The molecule has 0 saturated heterocycles. The summed E-state index contributed by atoms with van der Waals surface area (Å²) in [5.41, 5.74) is 4.03. The highest BCUT2D eigenvalue weighted by Crippen LogP contribution is 2.31. The summed E-state index contributed by atoms with van der Waals surface area (Å²) < 4.78 is 15.3. The molecule has 1 aromatic heterocycles. The number of aromatic nitrogens is 4. The van der Waals surface area contributed by atoms with Crippen LogP contribution in [-0.2, 0) is 6.42 Å². The summed E-state index contributed by atoms with van der Waals surface area (Å²) in [5, 5.41) is 15.0. The molecule has 0 spiro atoms. The van der Waals surface area contributed by atoms with Gasteiger partial charge in [-0.2, -0.15) is 4.68 Å². The van der Waals surface area contributed by atoms with E-state index in [0.717, 1.165) is 23.2 Å². The number of allylic oxidation sites excluding steroid dienone is 1. The van der Waals surface area contributed by atoms with Crippen molar-refractivity contribution in [3.05, 3.63) is 77.1 Å². The summed E-state index contributed by atoms with van der Waals surface area (Å²) in [5.74, 6) is 0.268. The van der Waals surface area contributed by atoms with Crippen molar-refractivity contribution in [3.63, 3.8) is 0 Å². The summed E-state index contributed by atoms with van der Waals surface area (Å²) in [4.78, 5) is 0. The molecule has 24 heavy (non-hydrogen) atoms. The summed E-state index contributed by atoms with van der Waals surface area (Å²) >= 11 is 0. The molecule has 0 saturated carbocycles. The minimum absolute atomic E-state index is 0.257. The lowest BCUT2D eigenvalue weighted by molar-refractivity contribution is 0.576. The van der Waals surface area contributed by atoms with Gasteiger partial charge in [-0.1, -0.05) is 48.4 Å². The fourth-order valence-corrected chi connectivity index (χ4v) is 2.87. The number of rotatable bonds is 3. The Balaban J connectivity index is 1.78. The maximum Gasteiger partial charge on any atom is 0.248 e. The van der Waals surface area contributed by atoms with Crippen molar-refractivity contribution in [1.29, 1.82) is 0 Å². The van der Waals surface area contributed by atoms with Crippen LogP contribution in [0.3, 0.4) is 0 Å². The third kappa shape index (κ3) is 2.56. The van der Waals surface area contributed by atoms with E-state index >= 15 is 0 Å². The zero-order valence-electron chi connectivity index (χ0n) is 13.1. The van der Waals surface area contributed by atoms with Crippen molar-refractivity contribution in [3.8, 4) is 0 Å². The maximum atomic E-state index is 13.6. The number of hydrogen-bond acceptors (Lipinski definition) is 4. The summed E-state index contributed by atoms with van der Waals surface area (Å²) in [6.45, 7) is 2.13. The second-order valence-electron chi connectivity index (χ2n) is 5.70. The second-order valence-corrected chi connectivity index (χ2v) is 5.70. The number of nitrogens with zero attached hydrogens (tertiary/aromatic N) is 4. The highest BCUT2D eigenvalue weighted by molar-refractivity contribution is 5.77. The van der Waals surface area contributed by atoms with Crippen molar-refractivity contribution >= 4 is 11.6 Å². The first kappa shape index (κ1) is 14.6. The van der Waals surface area contributed by atoms with Gasteiger partial charge in [-0.25, -0.2) is 4.39 Å². The average Bonchev–Trinajstić information content (AvgIpc) is 3.09. The summed E-state index contributed by atoms with van der Waals surface area (Å²) in [7, 11) is 0. The Morgan fingerprint density at radius 2 is 2.00 bits per heavy atom. The number of tetrazole rings is 1. The topological polar surface area (TPSA) is 55.6 Å². The standard InChI is InChI=1S/C18H16FN5/c1-2-12-6-8-13(9-7-12)16-11-17(14-4-3-5-15(19)10-14)24-18(20-16)21-22-23-24/h3-11,17H,2H2,1H3,(H,20,21,23). The Morgan fingerprint density at radius 1 is 1.17 bits per heavy atom. The number of halogens is 1. The normalized spacial score (nSPS) is 16.2. The molecule has 2 heterocycles. The zero-order chi connectivity index (χ0) is 16.5. The number of nitrogens with one attached hydrogen (secondary N) is 1. The first-order valence-electron chi connectivity index (χ1n) is 7.86. The molecule has 2 aromatic carbocycles. The molecule has 1 unspecified atom stereocenters. The molecule has 1 N–H and O–H groups in total. The van der Waals surface area contributed by atoms with Crippen molar-refractivity contribution in [2.45, 2.75) is 19.4 Å². The van der Waals surface area contributed by atoms with Crippen molar-refractivity contribution in [2.24, 2.45) is 0 Å². The molecule has 1 aliphatic rings. The summed E-state index contributed by atoms with van der Waals surface area (Å²) in [6, 6.07) is 14.6. The highest BCUT2D eigenvalue weighted by atomic mass is 19.1. The zero-order valence-corrected chi connectivity index (χ0v) is 13.1. The van der Waals surface area contributed by atoms with E-state index in [1.807, 2.05) is 12.1 Å². The summed E-state index contributed by atoms with van der Waals surface area (Å²) in [6.07, 6.45) is 3.01. The average molecular weight is 321 g/mol. The molecule has 1 atom stereocenters. The van der Waals surface area contributed by atoms with Crippen LogP contribution in [0.2, 0.25) is 0 Å². The van der Waals surface area contributed by atoms with Crippen LogP contribution < -0.4 is 5.32 Å². The van der Waals surface area contributed by atoms with E-state index in [4.69, 9.17) is 0 Å². The first-order chi connectivity index (χ1) is 11.7. The predicted molar refractivity (Wildman–Crippen MR) is 89.8 cm³/mol. The van der Waals surface area contributed by atoms with Crippen molar-refractivity contribution < 1.29 is 4.39 Å². The van der Waals surface area contributed by atoms with E-state index < -0.39 is 0 Å². The molecule has 5 nitrogen and oxygen atoms in total. The van der Waals surface area contributed by atoms with Gasteiger partial charge in [0.15, 0.2) is 0 Å². The van der Waals surface area contributed by atoms with Crippen molar-refractivity contribution in [2.75, 3.05) is 5.32 Å². The minimum atomic E-state index is -0.275. The van der Waals surface area contributed by atoms with Gasteiger partial charge in [-0.15, -0.1) is 0 Å². The molecule has 0 fully saturated rings. The largest absolute Gasteiger partial charge is 0.323 e. The van der Waals surface area contributed by atoms with Crippen LogP contribution in [0.25, 0.3) is 5.70 Å².